The monoisotopic (exact) mass is 289 g/mol. The minimum absolute atomic E-state index is 0.0864. The molecule has 0 aliphatic carbocycles. The molecule has 0 saturated carbocycles. The predicted octanol–water partition coefficient (Wildman–Crippen LogP) is 1.90. The third kappa shape index (κ3) is 2.97. The van der Waals surface area contributed by atoms with Gasteiger partial charge in [-0.15, -0.1) is 0 Å². The van der Waals surface area contributed by atoms with Crippen LogP contribution >= 0.6 is 0 Å². The van der Waals surface area contributed by atoms with Crippen LogP contribution in [-0.2, 0) is 0 Å². The second kappa shape index (κ2) is 6.35. The first-order valence-corrected chi connectivity index (χ1v) is 7.83. The van der Waals surface area contributed by atoms with E-state index in [1.165, 1.54) is 0 Å². The Labute approximate surface area is 125 Å². The van der Waals surface area contributed by atoms with Gasteiger partial charge < -0.3 is 20.6 Å². The molecule has 2 aliphatic rings. The molecule has 0 spiro atoms. The van der Waals surface area contributed by atoms with Crippen molar-refractivity contribution in [3.8, 4) is 0 Å². The molecule has 21 heavy (non-hydrogen) atoms. The number of hydrogen-bond acceptors (Lipinski definition) is 4. The summed E-state index contributed by atoms with van der Waals surface area (Å²) < 4.78 is 0. The summed E-state index contributed by atoms with van der Waals surface area (Å²) in [7, 11) is 0. The maximum absolute atomic E-state index is 12.8. The van der Waals surface area contributed by atoms with Crippen molar-refractivity contribution >= 4 is 17.3 Å². The Kier molecular flexibility index (Phi) is 4.29. The number of benzene rings is 1. The van der Waals surface area contributed by atoms with Crippen molar-refractivity contribution in [3.63, 3.8) is 0 Å². The second-order valence-corrected chi connectivity index (χ2v) is 5.77. The summed E-state index contributed by atoms with van der Waals surface area (Å²) in [5.74, 6) is 0.0864. The average molecular weight is 289 g/mol. The Morgan fingerprint density at radius 1 is 1.24 bits per heavy atom. The van der Waals surface area contributed by atoms with Gasteiger partial charge in [-0.2, -0.15) is 0 Å². The topological polar surface area (TPSA) is 64.6 Å². The number of likely N-dealkylation sites (tertiary alicyclic amines) is 1. The zero-order valence-corrected chi connectivity index (χ0v) is 12.3. The average Bonchev–Trinajstić information content (AvgIpc) is 2.54. The van der Waals surface area contributed by atoms with Gasteiger partial charge in [0.1, 0.15) is 0 Å². The summed E-state index contributed by atoms with van der Waals surface area (Å²) in [5.41, 5.74) is 2.79. The van der Waals surface area contributed by atoms with Crippen LogP contribution < -0.4 is 10.6 Å². The van der Waals surface area contributed by atoms with Crippen LogP contribution in [0.25, 0.3) is 0 Å². The standard InChI is InChI=1S/C16H23N3O2/c20-10-6-13-3-1-2-9-19(13)16(21)12-4-5-14-15(11-12)18-8-7-17-14/h4-5,11,13,17-18,20H,1-3,6-10H2. The quantitative estimate of drug-likeness (QED) is 0.795. The highest BCUT2D eigenvalue weighted by molar-refractivity contribution is 5.96. The molecule has 3 rings (SSSR count). The molecule has 0 aromatic heterocycles. The van der Waals surface area contributed by atoms with E-state index in [-0.39, 0.29) is 18.6 Å². The second-order valence-electron chi connectivity index (χ2n) is 5.77. The lowest BCUT2D eigenvalue weighted by atomic mass is 9.98. The Hall–Kier alpha value is -1.75. The third-order valence-electron chi connectivity index (χ3n) is 4.37. The first kappa shape index (κ1) is 14.2. The number of fused-ring (bicyclic) bond motifs is 1. The largest absolute Gasteiger partial charge is 0.396 e. The van der Waals surface area contributed by atoms with Gasteiger partial charge >= 0.3 is 0 Å². The van der Waals surface area contributed by atoms with Crippen molar-refractivity contribution in [1.29, 1.82) is 0 Å². The van der Waals surface area contributed by atoms with Crippen molar-refractivity contribution in [2.24, 2.45) is 0 Å². The molecule has 0 radical (unpaired) electrons. The highest BCUT2D eigenvalue weighted by Crippen LogP contribution is 2.28. The van der Waals surface area contributed by atoms with Gasteiger partial charge in [0.05, 0.1) is 11.4 Å². The van der Waals surface area contributed by atoms with Crippen LogP contribution in [0.3, 0.4) is 0 Å². The predicted molar refractivity (Wildman–Crippen MR) is 83.8 cm³/mol. The molecule has 2 aliphatic heterocycles. The lowest BCUT2D eigenvalue weighted by molar-refractivity contribution is 0.0574. The van der Waals surface area contributed by atoms with Crippen LogP contribution in [0.15, 0.2) is 18.2 Å². The number of nitrogens with zero attached hydrogens (tertiary/aromatic N) is 1. The number of anilines is 2. The summed E-state index contributed by atoms with van der Waals surface area (Å²) >= 11 is 0. The van der Waals surface area contributed by atoms with Crippen LogP contribution in [0.2, 0.25) is 0 Å². The van der Waals surface area contributed by atoms with Gasteiger partial charge in [-0.1, -0.05) is 0 Å². The van der Waals surface area contributed by atoms with Gasteiger partial charge in [-0.3, -0.25) is 4.79 Å². The summed E-state index contributed by atoms with van der Waals surface area (Å²) in [6.45, 7) is 2.73. The fourth-order valence-corrected chi connectivity index (χ4v) is 3.25. The van der Waals surface area contributed by atoms with Gasteiger partial charge in [0, 0.05) is 37.8 Å². The van der Waals surface area contributed by atoms with E-state index < -0.39 is 0 Å². The fourth-order valence-electron chi connectivity index (χ4n) is 3.25. The summed E-state index contributed by atoms with van der Waals surface area (Å²) in [5, 5.41) is 15.8. The zero-order chi connectivity index (χ0) is 14.7. The maximum atomic E-state index is 12.8. The molecule has 3 N–H and O–H groups in total. The molecule has 1 saturated heterocycles. The Balaban J connectivity index is 1.80. The Morgan fingerprint density at radius 2 is 2.05 bits per heavy atom. The van der Waals surface area contributed by atoms with Gasteiger partial charge in [-0.25, -0.2) is 0 Å². The molecule has 5 nitrogen and oxygen atoms in total. The van der Waals surface area contributed by atoms with Crippen LogP contribution in [0.1, 0.15) is 36.0 Å². The molecule has 1 atom stereocenters. The number of aliphatic hydroxyl groups is 1. The van der Waals surface area contributed by atoms with E-state index >= 15 is 0 Å². The lowest BCUT2D eigenvalue weighted by Crippen LogP contribution is -2.44. The van der Waals surface area contributed by atoms with E-state index in [9.17, 15) is 9.90 Å². The van der Waals surface area contributed by atoms with E-state index in [4.69, 9.17) is 0 Å². The number of carbonyl (C=O) groups is 1. The van der Waals surface area contributed by atoms with Crippen molar-refractivity contribution in [1.82, 2.24) is 4.90 Å². The normalized spacial score (nSPS) is 21.2. The smallest absolute Gasteiger partial charge is 0.254 e. The summed E-state index contributed by atoms with van der Waals surface area (Å²) in [6, 6.07) is 5.98. The van der Waals surface area contributed by atoms with Crippen LogP contribution in [0, 0.1) is 0 Å². The van der Waals surface area contributed by atoms with Gasteiger partial charge in [0.2, 0.25) is 0 Å². The highest BCUT2D eigenvalue weighted by Gasteiger charge is 2.27. The number of piperidine rings is 1. The SMILES string of the molecule is O=C(c1ccc2c(c1)NCCN2)N1CCCCC1CCO. The number of carbonyl (C=O) groups excluding carboxylic acids is 1. The molecule has 1 aromatic rings. The van der Waals surface area contributed by atoms with Crippen molar-refractivity contribution in [2.75, 3.05) is 36.9 Å². The molecule has 1 amide bonds. The molecule has 0 bridgehead atoms. The first-order chi connectivity index (χ1) is 10.3. The Bertz CT molecular complexity index is 516. The summed E-state index contributed by atoms with van der Waals surface area (Å²) in [4.78, 5) is 14.7. The molecule has 1 aromatic carbocycles. The molecule has 5 heteroatoms. The number of hydrogen-bond donors (Lipinski definition) is 3. The van der Waals surface area contributed by atoms with Crippen molar-refractivity contribution < 1.29 is 9.90 Å². The molecular weight excluding hydrogens is 266 g/mol. The van der Waals surface area contributed by atoms with Crippen LogP contribution in [-0.4, -0.2) is 48.2 Å². The lowest BCUT2D eigenvalue weighted by Gasteiger charge is -2.36. The number of nitrogens with one attached hydrogen (secondary N) is 2. The number of rotatable bonds is 3. The molecule has 1 fully saturated rings. The number of aliphatic hydroxyl groups excluding tert-OH is 1. The summed E-state index contributed by atoms with van der Waals surface area (Å²) in [6.07, 6.45) is 3.87. The van der Waals surface area contributed by atoms with E-state index in [1.54, 1.807) is 0 Å². The fraction of sp³-hybridized carbons (Fsp3) is 0.562. The highest BCUT2D eigenvalue weighted by atomic mass is 16.3. The van der Waals surface area contributed by atoms with Crippen molar-refractivity contribution in [3.05, 3.63) is 23.8 Å². The van der Waals surface area contributed by atoms with Crippen LogP contribution in [0.4, 0.5) is 11.4 Å². The Morgan fingerprint density at radius 3 is 2.86 bits per heavy atom. The number of amides is 1. The minimum Gasteiger partial charge on any atom is -0.396 e. The van der Waals surface area contributed by atoms with Crippen molar-refractivity contribution in [2.45, 2.75) is 31.7 Å². The van der Waals surface area contributed by atoms with E-state index in [0.717, 1.165) is 55.8 Å². The maximum Gasteiger partial charge on any atom is 0.254 e. The molecule has 114 valence electrons. The van der Waals surface area contributed by atoms with Crippen LogP contribution in [0.5, 0.6) is 0 Å². The molecular formula is C16H23N3O2. The first-order valence-electron chi connectivity index (χ1n) is 7.83. The zero-order valence-electron chi connectivity index (χ0n) is 12.3. The van der Waals surface area contributed by atoms with E-state index in [2.05, 4.69) is 10.6 Å². The van der Waals surface area contributed by atoms with Gasteiger partial charge in [-0.05, 0) is 43.9 Å². The van der Waals surface area contributed by atoms with Gasteiger partial charge in [0.15, 0.2) is 0 Å². The van der Waals surface area contributed by atoms with E-state index in [0.29, 0.717) is 6.42 Å². The third-order valence-corrected chi connectivity index (χ3v) is 4.37. The minimum atomic E-state index is 0.0864. The van der Waals surface area contributed by atoms with E-state index in [1.807, 2.05) is 23.1 Å². The van der Waals surface area contributed by atoms with Gasteiger partial charge in [0.25, 0.3) is 5.91 Å². The molecule has 1 unspecified atom stereocenters. The molecule has 2 heterocycles.